The number of thiazole rings is 1. The molecule has 2 rings (SSSR count). The van der Waals surface area contributed by atoms with Gasteiger partial charge < -0.3 is 9.84 Å². The molecule has 2 aromatic rings. The first kappa shape index (κ1) is 15.4. The van der Waals surface area contributed by atoms with Crippen LogP contribution in [0.25, 0.3) is 10.2 Å². The van der Waals surface area contributed by atoms with Gasteiger partial charge in [0.2, 0.25) is 0 Å². The Morgan fingerprint density at radius 3 is 2.57 bits per heavy atom. The number of esters is 1. The number of carboxylic acid groups (broad SMARTS) is 1. The molecule has 0 fully saturated rings. The fraction of sp³-hybridized carbons (Fsp3) is 0.182. The van der Waals surface area contributed by atoms with E-state index in [0.717, 1.165) is 11.3 Å². The average Bonchev–Trinajstić information content (AvgIpc) is 2.76. The maximum atomic E-state index is 11.7. The third-order valence-electron chi connectivity index (χ3n) is 2.44. The Morgan fingerprint density at radius 2 is 2.00 bits per heavy atom. The fourth-order valence-electron chi connectivity index (χ4n) is 1.52. The standard InChI is InChI=1S/C11H9NO7S2/c13-9(14)5-8(21(16,17)18)10(15)19-11-12-6-3-1-2-4-7(6)20-11/h1-4,8H,5H2,(H,13,14)(H,16,17,18). The second kappa shape index (κ2) is 5.76. The van der Waals surface area contributed by atoms with E-state index in [1.54, 1.807) is 24.3 Å². The fourth-order valence-corrected chi connectivity index (χ4v) is 2.98. The lowest BCUT2D eigenvalue weighted by molar-refractivity contribution is -0.142. The minimum Gasteiger partial charge on any atom is -0.481 e. The van der Waals surface area contributed by atoms with Crippen molar-refractivity contribution in [3.05, 3.63) is 24.3 Å². The van der Waals surface area contributed by atoms with Crippen LogP contribution in [0.4, 0.5) is 0 Å². The summed E-state index contributed by atoms with van der Waals surface area (Å²) in [5, 5.41) is 6.26. The van der Waals surface area contributed by atoms with Gasteiger partial charge >= 0.3 is 11.9 Å². The van der Waals surface area contributed by atoms with Gasteiger partial charge in [-0.25, -0.2) is 4.98 Å². The molecular formula is C11H9NO7S2. The normalized spacial score (nSPS) is 13.0. The Kier molecular flexibility index (Phi) is 4.21. The molecule has 1 heterocycles. The lowest BCUT2D eigenvalue weighted by Crippen LogP contribution is -2.35. The van der Waals surface area contributed by atoms with Crippen LogP contribution in [0.5, 0.6) is 5.19 Å². The molecule has 1 aromatic carbocycles. The molecule has 0 bridgehead atoms. The molecule has 0 spiro atoms. The molecular weight excluding hydrogens is 322 g/mol. The molecule has 0 amide bonds. The van der Waals surface area contributed by atoms with Crippen LogP contribution < -0.4 is 4.74 Å². The summed E-state index contributed by atoms with van der Waals surface area (Å²) < 4.78 is 36.5. The second-order valence-corrected chi connectivity index (χ2v) is 6.56. The zero-order valence-corrected chi connectivity index (χ0v) is 11.9. The van der Waals surface area contributed by atoms with Crippen LogP contribution in [0.15, 0.2) is 24.3 Å². The number of carbonyl (C=O) groups is 2. The van der Waals surface area contributed by atoms with Gasteiger partial charge in [0, 0.05) is 0 Å². The average molecular weight is 331 g/mol. The molecule has 8 nitrogen and oxygen atoms in total. The van der Waals surface area contributed by atoms with Crippen molar-refractivity contribution in [3.63, 3.8) is 0 Å². The van der Waals surface area contributed by atoms with Crippen molar-refractivity contribution < 1.29 is 32.4 Å². The molecule has 1 aromatic heterocycles. The number of benzene rings is 1. The molecule has 0 saturated heterocycles. The van der Waals surface area contributed by atoms with Crippen LogP contribution in [0, 0.1) is 0 Å². The first-order valence-corrected chi connectivity index (χ1v) is 7.84. The highest BCUT2D eigenvalue weighted by molar-refractivity contribution is 7.87. The SMILES string of the molecule is O=C(O)CC(C(=O)Oc1nc2ccccc2s1)S(=O)(=O)O. The molecule has 10 heteroatoms. The highest BCUT2D eigenvalue weighted by atomic mass is 32.2. The Hall–Kier alpha value is -2.04. The smallest absolute Gasteiger partial charge is 0.334 e. The van der Waals surface area contributed by atoms with Crippen molar-refractivity contribution in [2.75, 3.05) is 0 Å². The molecule has 0 aliphatic heterocycles. The Morgan fingerprint density at radius 1 is 1.33 bits per heavy atom. The number of rotatable bonds is 5. The molecule has 0 aliphatic carbocycles. The molecule has 0 radical (unpaired) electrons. The highest BCUT2D eigenvalue weighted by Gasteiger charge is 2.35. The van der Waals surface area contributed by atoms with E-state index in [-0.39, 0.29) is 5.19 Å². The number of fused-ring (bicyclic) bond motifs is 1. The summed E-state index contributed by atoms with van der Waals surface area (Å²) in [4.78, 5) is 26.2. The number of aliphatic carboxylic acids is 1. The topological polar surface area (TPSA) is 131 Å². The van der Waals surface area contributed by atoms with E-state index in [1.165, 1.54) is 0 Å². The third-order valence-corrected chi connectivity index (χ3v) is 4.44. The van der Waals surface area contributed by atoms with Gasteiger partial charge in [-0.05, 0) is 12.1 Å². The number of para-hydroxylation sites is 1. The number of aromatic nitrogens is 1. The molecule has 0 saturated carbocycles. The van der Waals surface area contributed by atoms with Crippen LogP contribution in [-0.2, 0) is 19.7 Å². The summed E-state index contributed by atoms with van der Waals surface area (Å²) >= 11 is 0.994. The Balaban J connectivity index is 2.23. The Bertz CT molecular complexity index is 763. The van der Waals surface area contributed by atoms with Crippen molar-refractivity contribution in [2.45, 2.75) is 11.7 Å². The summed E-state index contributed by atoms with van der Waals surface area (Å²) in [5.41, 5.74) is 0.548. The van der Waals surface area contributed by atoms with Gasteiger partial charge in [-0.3, -0.25) is 14.1 Å². The zero-order chi connectivity index (χ0) is 15.6. The van der Waals surface area contributed by atoms with Crippen LogP contribution >= 0.6 is 11.3 Å². The summed E-state index contributed by atoms with van der Waals surface area (Å²) in [5.74, 6) is -2.95. The van der Waals surface area contributed by atoms with Gasteiger partial charge in [0.25, 0.3) is 15.3 Å². The van der Waals surface area contributed by atoms with E-state index >= 15 is 0 Å². The van der Waals surface area contributed by atoms with Gasteiger partial charge in [0.15, 0.2) is 5.25 Å². The van der Waals surface area contributed by atoms with E-state index in [9.17, 15) is 18.0 Å². The molecule has 21 heavy (non-hydrogen) atoms. The van der Waals surface area contributed by atoms with E-state index in [2.05, 4.69) is 4.98 Å². The molecule has 1 unspecified atom stereocenters. The monoisotopic (exact) mass is 331 g/mol. The quantitative estimate of drug-likeness (QED) is 0.611. The largest absolute Gasteiger partial charge is 0.481 e. The van der Waals surface area contributed by atoms with Crippen molar-refractivity contribution in [2.24, 2.45) is 0 Å². The Labute approximate surface area is 122 Å². The molecule has 112 valence electrons. The van der Waals surface area contributed by atoms with Crippen molar-refractivity contribution in [3.8, 4) is 5.19 Å². The van der Waals surface area contributed by atoms with Crippen molar-refractivity contribution >= 4 is 43.6 Å². The summed E-state index contributed by atoms with van der Waals surface area (Å²) in [6.45, 7) is 0. The number of carboxylic acids is 1. The van der Waals surface area contributed by atoms with Gasteiger partial charge in [0.05, 0.1) is 16.6 Å². The van der Waals surface area contributed by atoms with E-state index < -0.39 is 33.7 Å². The minimum absolute atomic E-state index is 0.125. The van der Waals surface area contributed by atoms with Crippen LogP contribution in [0.2, 0.25) is 0 Å². The lowest BCUT2D eigenvalue weighted by atomic mass is 10.3. The molecule has 0 aliphatic rings. The maximum absolute atomic E-state index is 11.7. The van der Waals surface area contributed by atoms with Crippen LogP contribution in [0.1, 0.15) is 6.42 Å². The van der Waals surface area contributed by atoms with Gasteiger partial charge in [-0.15, -0.1) is 0 Å². The number of ether oxygens (including phenoxy) is 1. The lowest BCUT2D eigenvalue weighted by Gasteiger charge is -2.09. The van der Waals surface area contributed by atoms with Crippen molar-refractivity contribution in [1.82, 2.24) is 4.98 Å². The third kappa shape index (κ3) is 3.74. The first-order valence-electron chi connectivity index (χ1n) is 5.53. The van der Waals surface area contributed by atoms with Crippen molar-refractivity contribution in [1.29, 1.82) is 0 Å². The zero-order valence-electron chi connectivity index (χ0n) is 10.3. The summed E-state index contributed by atoms with van der Waals surface area (Å²) in [7, 11) is -4.89. The maximum Gasteiger partial charge on any atom is 0.334 e. The number of nitrogens with zero attached hydrogens (tertiary/aromatic N) is 1. The molecule has 1 atom stereocenters. The minimum atomic E-state index is -4.89. The number of hydrogen-bond acceptors (Lipinski definition) is 7. The predicted molar refractivity (Wildman–Crippen MR) is 72.8 cm³/mol. The van der Waals surface area contributed by atoms with E-state index in [0.29, 0.717) is 10.2 Å². The summed E-state index contributed by atoms with van der Waals surface area (Å²) in [6, 6.07) is 6.86. The highest BCUT2D eigenvalue weighted by Crippen LogP contribution is 2.27. The van der Waals surface area contributed by atoms with E-state index in [1.807, 2.05) is 0 Å². The van der Waals surface area contributed by atoms with Gasteiger partial charge in [-0.1, -0.05) is 23.5 Å². The molecule has 2 N–H and O–H groups in total. The number of hydrogen-bond donors (Lipinski definition) is 2. The second-order valence-electron chi connectivity index (χ2n) is 3.97. The van der Waals surface area contributed by atoms with Crippen LogP contribution in [0.3, 0.4) is 0 Å². The van der Waals surface area contributed by atoms with Gasteiger partial charge in [-0.2, -0.15) is 8.42 Å². The number of carbonyl (C=O) groups excluding carboxylic acids is 1. The summed E-state index contributed by atoms with van der Waals surface area (Å²) in [6.07, 6.45) is -1.09. The van der Waals surface area contributed by atoms with Crippen LogP contribution in [-0.4, -0.2) is 40.2 Å². The predicted octanol–water partition coefficient (Wildman–Crippen LogP) is 0.933. The van der Waals surface area contributed by atoms with E-state index in [4.69, 9.17) is 14.4 Å². The first-order chi connectivity index (χ1) is 9.77. The van der Waals surface area contributed by atoms with Gasteiger partial charge in [0.1, 0.15) is 0 Å².